The van der Waals surface area contributed by atoms with E-state index in [1.54, 1.807) is 11.3 Å². The molecule has 2 aromatic carbocycles. The normalized spacial score (nSPS) is 16.4. The van der Waals surface area contributed by atoms with E-state index >= 15 is 0 Å². The zero-order chi connectivity index (χ0) is 19.5. The van der Waals surface area contributed by atoms with Gasteiger partial charge in [0.25, 0.3) is 0 Å². The van der Waals surface area contributed by atoms with Gasteiger partial charge in [-0.2, -0.15) is 0 Å². The van der Waals surface area contributed by atoms with Crippen LogP contribution in [0.5, 0.6) is 0 Å². The Morgan fingerprint density at radius 3 is 2.64 bits per heavy atom. The summed E-state index contributed by atoms with van der Waals surface area (Å²) >= 11 is 7.73. The molecule has 0 saturated carbocycles. The van der Waals surface area contributed by atoms with Gasteiger partial charge < -0.3 is 10.2 Å². The number of carbonyl (C=O) groups is 1. The van der Waals surface area contributed by atoms with Gasteiger partial charge in [0.15, 0.2) is 0 Å². The average molecular weight is 414 g/mol. The van der Waals surface area contributed by atoms with Crippen molar-refractivity contribution in [2.45, 2.75) is 31.7 Å². The van der Waals surface area contributed by atoms with E-state index in [4.69, 9.17) is 16.6 Å². The summed E-state index contributed by atoms with van der Waals surface area (Å²) in [5, 5.41) is 5.27. The molecule has 1 aromatic heterocycles. The molecule has 6 heteroatoms. The number of hydrogen-bond donors (Lipinski definition) is 1. The molecule has 4 nitrogen and oxygen atoms in total. The summed E-state index contributed by atoms with van der Waals surface area (Å²) in [6.07, 6.45) is 1.97. The molecular weight excluding hydrogens is 390 g/mol. The van der Waals surface area contributed by atoms with Gasteiger partial charge in [-0.25, -0.2) is 4.98 Å². The second kappa shape index (κ2) is 8.60. The Morgan fingerprint density at radius 1 is 1.21 bits per heavy atom. The molecule has 1 atom stereocenters. The van der Waals surface area contributed by atoms with E-state index in [9.17, 15) is 4.79 Å². The van der Waals surface area contributed by atoms with Crippen LogP contribution < -0.4 is 5.32 Å². The summed E-state index contributed by atoms with van der Waals surface area (Å²) in [5.41, 5.74) is 2.22. The molecule has 3 aromatic rings. The van der Waals surface area contributed by atoms with Gasteiger partial charge in [-0.05, 0) is 49.6 Å². The van der Waals surface area contributed by atoms with Crippen LogP contribution in [0.25, 0.3) is 10.2 Å². The minimum atomic E-state index is 0.113. The highest BCUT2D eigenvalue weighted by Crippen LogP contribution is 2.33. The molecular formula is C22H24ClN3OS. The lowest BCUT2D eigenvalue weighted by Crippen LogP contribution is -2.43. The topological polar surface area (TPSA) is 45.2 Å². The number of rotatable bonds is 5. The molecule has 1 N–H and O–H groups in total. The molecule has 4 rings (SSSR count). The van der Waals surface area contributed by atoms with Crippen LogP contribution in [-0.2, 0) is 4.79 Å². The molecule has 1 aliphatic heterocycles. The Balaban J connectivity index is 1.28. The highest BCUT2D eigenvalue weighted by Gasteiger charge is 2.26. The fraction of sp³-hybridized carbons (Fsp3) is 0.364. The molecule has 1 saturated heterocycles. The van der Waals surface area contributed by atoms with Crippen LogP contribution in [0.15, 0.2) is 48.5 Å². The van der Waals surface area contributed by atoms with E-state index in [1.807, 2.05) is 35.2 Å². The summed E-state index contributed by atoms with van der Waals surface area (Å²) in [7, 11) is 0. The number of hydrogen-bond acceptors (Lipinski definition) is 4. The van der Waals surface area contributed by atoms with Gasteiger partial charge in [0, 0.05) is 30.1 Å². The summed E-state index contributed by atoms with van der Waals surface area (Å²) in [6.45, 7) is 4.03. The maximum atomic E-state index is 12.6. The third-order valence-corrected chi connectivity index (χ3v) is 6.89. The molecule has 0 radical (unpaired) electrons. The quantitative estimate of drug-likeness (QED) is 0.639. The molecule has 0 aliphatic carbocycles. The van der Waals surface area contributed by atoms with Crippen molar-refractivity contribution in [3.05, 3.63) is 64.1 Å². The predicted octanol–water partition coefficient (Wildman–Crippen LogP) is 5.01. The van der Waals surface area contributed by atoms with Crippen molar-refractivity contribution in [2.24, 2.45) is 0 Å². The zero-order valence-corrected chi connectivity index (χ0v) is 17.5. The van der Waals surface area contributed by atoms with E-state index in [2.05, 4.69) is 30.4 Å². The fourth-order valence-corrected chi connectivity index (χ4v) is 4.92. The molecule has 0 unspecified atom stereocenters. The van der Waals surface area contributed by atoms with Crippen LogP contribution in [0.2, 0.25) is 5.02 Å². The van der Waals surface area contributed by atoms with Crippen molar-refractivity contribution in [1.82, 2.24) is 15.2 Å². The van der Waals surface area contributed by atoms with Gasteiger partial charge in [-0.1, -0.05) is 35.9 Å². The second-order valence-corrected chi connectivity index (χ2v) is 8.83. The van der Waals surface area contributed by atoms with Gasteiger partial charge >= 0.3 is 0 Å². The highest BCUT2D eigenvalue weighted by atomic mass is 35.5. The van der Waals surface area contributed by atoms with Crippen LogP contribution in [0.3, 0.4) is 0 Å². The molecule has 1 aliphatic rings. The van der Waals surface area contributed by atoms with Gasteiger partial charge in [0.2, 0.25) is 5.91 Å². The maximum Gasteiger partial charge on any atom is 0.236 e. The number of amides is 1. The number of nitrogens with zero attached hydrogens (tertiary/aromatic N) is 2. The monoisotopic (exact) mass is 413 g/mol. The maximum absolute atomic E-state index is 12.6. The van der Waals surface area contributed by atoms with Crippen molar-refractivity contribution in [3.8, 4) is 0 Å². The number of halogens is 1. The molecule has 28 heavy (non-hydrogen) atoms. The minimum Gasteiger partial charge on any atom is -0.342 e. The van der Waals surface area contributed by atoms with E-state index in [0.29, 0.717) is 12.5 Å². The van der Waals surface area contributed by atoms with Gasteiger partial charge in [0.1, 0.15) is 0 Å². The number of carbonyl (C=O) groups excluding carboxylic acids is 1. The second-order valence-electron chi connectivity index (χ2n) is 7.33. The lowest BCUT2D eigenvalue weighted by molar-refractivity contribution is -0.131. The SMILES string of the molecule is C[C@@H](NCC(=O)N1CCC(c2nc3ccccc3s2)CC1)c1ccc(Cl)cc1. The Labute approximate surface area is 174 Å². The number of thiazole rings is 1. The number of likely N-dealkylation sites (tertiary alicyclic amines) is 1. The Bertz CT molecular complexity index is 915. The summed E-state index contributed by atoms with van der Waals surface area (Å²) in [6, 6.07) is 16.1. The van der Waals surface area contributed by atoms with Crippen molar-refractivity contribution in [2.75, 3.05) is 19.6 Å². The molecule has 1 amide bonds. The molecule has 2 heterocycles. The molecule has 0 spiro atoms. The summed E-state index contributed by atoms with van der Waals surface area (Å²) < 4.78 is 1.25. The minimum absolute atomic E-state index is 0.113. The average Bonchev–Trinajstić information content (AvgIpc) is 3.16. The number of aromatic nitrogens is 1. The van der Waals surface area contributed by atoms with E-state index in [-0.39, 0.29) is 11.9 Å². The molecule has 0 bridgehead atoms. The van der Waals surface area contributed by atoms with Crippen molar-refractivity contribution in [3.63, 3.8) is 0 Å². The first-order valence-electron chi connectivity index (χ1n) is 9.72. The molecule has 1 fully saturated rings. The largest absolute Gasteiger partial charge is 0.342 e. The van der Waals surface area contributed by atoms with Crippen LogP contribution >= 0.6 is 22.9 Å². The first-order chi connectivity index (χ1) is 13.6. The number of para-hydroxylation sites is 1. The van der Waals surface area contributed by atoms with Crippen molar-refractivity contribution >= 4 is 39.1 Å². The third-order valence-electron chi connectivity index (χ3n) is 5.44. The first kappa shape index (κ1) is 19.4. The van der Waals surface area contributed by atoms with Crippen LogP contribution in [0.4, 0.5) is 0 Å². The van der Waals surface area contributed by atoms with Crippen LogP contribution in [0, 0.1) is 0 Å². The summed E-state index contributed by atoms with van der Waals surface area (Å²) in [4.78, 5) is 19.4. The lowest BCUT2D eigenvalue weighted by Gasteiger charge is -2.31. The van der Waals surface area contributed by atoms with Crippen LogP contribution in [-0.4, -0.2) is 35.4 Å². The number of piperidine rings is 1. The number of nitrogens with one attached hydrogen (secondary N) is 1. The summed E-state index contributed by atoms with van der Waals surface area (Å²) in [5.74, 6) is 0.631. The Morgan fingerprint density at radius 2 is 1.93 bits per heavy atom. The van der Waals surface area contributed by atoms with Crippen molar-refractivity contribution in [1.29, 1.82) is 0 Å². The molecule has 146 valence electrons. The van der Waals surface area contributed by atoms with Gasteiger partial charge in [0.05, 0.1) is 21.8 Å². The third kappa shape index (κ3) is 4.37. The smallest absolute Gasteiger partial charge is 0.236 e. The predicted molar refractivity (Wildman–Crippen MR) is 116 cm³/mol. The van der Waals surface area contributed by atoms with Crippen LogP contribution in [0.1, 0.15) is 42.3 Å². The van der Waals surface area contributed by atoms with Crippen molar-refractivity contribution < 1.29 is 4.79 Å². The Hall–Kier alpha value is -1.95. The standard InChI is InChI=1S/C22H24ClN3OS/c1-15(16-6-8-18(23)9-7-16)24-14-21(27)26-12-10-17(11-13-26)22-25-19-4-2-3-5-20(19)28-22/h2-9,15,17,24H,10-14H2,1H3/t15-/m1/s1. The number of fused-ring (bicyclic) bond motifs is 1. The highest BCUT2D eigenvalue weighted by molar-refractivity contribution is 7.18. The van der Waals surface area contributed by atoms with Gasteiger partial charge in [-0.15, -0.1) is 11.3 Å². The lowest BCUT2D eigenvalue weighted by atomic mass is 9.97. The number of benzene rings is 2. The fourth-order valence-electron chi connectivity index (χ4n) is 3.66. The van der Waals surface area contributed by atoms with Gasteiger partial charge in [-0.3, -0.25) is 4.79 Å². The van der Waals surface area contributed by atoms with E-state index in [1.165, 1.54) is 9.71 Å². The zero-order valence-electron chi connectivity index (χ0n) is 15.9. The first-order valence-corrected chi connectivity index (χ1v) is 10.9. The van der Waals surface area contributed by atoms with E-state index < -0.39 is 0 Å². The van der Waals surface area contributed by atoms with E-state index in [0.717, 1.165) is 42.0 Å². The Kier molecular flexibility index (Phi) is 5.95.